The van der Waals surface area contributed by atoms with E-state index in [1.807, 2.05) is 0 Å². The largest absolute Gasteiger partial charge is 0.314 e. The molecule has 1 N–H and O–H groups in total. The molecule has 1 rings (SSSR count). The molecule has 1 heterocycles. The van der Waals surface area contributed by atoms with Crippen molar-refractivity contribution in [3.63, 3.8) is 0 Å². The molecule has 1 aliphatic heterocycles. The second-order valence-corrected chi connectivity index (χ2v) is 2.68. The van der Waals surface area contributed by atoms with Gasteiger partial charge in [-0.15, -0.1) is 0 Å². The molecule has 1 saturated heterocycles. The number of rotatable bonds is 1. The maximum absolute atomic E-state index is 12.8. The van der Waals surface area contributed by atoms with Crippen molar-refractivity contribution in [2.45, 2.75) is 25.9 Å². The second kappa shape index (κ2) is 3.16. The normalized spacial score (nSPS) is 36.7. The van der Waals surface area contributed by atoms with Crippen molar-refractivity contribution < 1.29 is 4.39 Å². The summed E-state index contributed by atoms with van der Waals surface area (Å²) < 4.78 is 12.8. The molecule has 54 valence electrons. The van der Waals surface area contributed by atoms with Crippen LogP contribution in [0.25, 0.3) is 0 Å². The predicted octanol–water partition coefficient (Wildman–Crippen LogP) is 1.34. The van der Waals surface area contributed by atoms with Crippen molar-refractivity contribution in [2.75, 3.05) is 13.1 Å². The molecular weight excluding hydrogens is 117 g/mol. The number of piperidine rings is 1. The van der Waals surface area contributed by atoms with Crippen LogP contribution in [0.2, 0.25) is 0 Å². The van der Waals surface area contributed by atoms with E-state index in [4.69, 9.17) is 0 Å². The maximum atomic E-state index is 12.8. The molecule has 0 spiro atoms. The smallest absolute Gasteiger partial charge is 0.115 e. The fourth-order valence-electron chi connectivity index (χ4n) is 1.33. The Labute approximate surface area is 55.6 Å². The van der Waals surface area contributed by atoms with Crippen molar-refractivity contribution in [1.82, 2.24) is 5.32 Å². The highest BCUT2D eigenvalue weighted by Crippen LogP contribution is 2.18. The Hall–Kier alpha value is -0.110. The maximum Gasteiger partial charge on any atom is 0.115 e. The van der Waals surface area contributed by atoms with Crippen LogP contribution in [0.5, 0.6) is 0 Å². The van der Waals surface area contributed by atoms with Gasteiger partial charge >= 0.3 is 0 Å². The Bertz CT molecular complexity index is 85.0. The van der Waals surface area contributed by atoms with E-state index in [-0.39, 0.29) is 0 Å². The van der Waals surface area contributed by atoms with E-state index in [0.717, 1.165) is 19.4 Å². The van der Waals surface area contributed by atoms with Gasteiger partial charge < -0.3 is 5.32 Å². The Morgan fingerprint density at radius 2 is 2.44 bits per heavy atom. The number of alkyl halides is 1. The van der Waals surface area contributed by atoms with Crippen LogP contribution in [0.4, 0.5) is 4.39 Å². The first-order valence-electron chi connectivity index (χ1n) is 3.69. The number of halogens is 1. The first-order chi connectivity index (χ1) is 4.34. The minimum absolute atomic E-state index is 0.325. The number of hydrogen-bond donors (Lipinski definition) is 1. The van der Waals surface area contributed by atoms with Crippen molar-refractivity contribution in [2.24, 2.45) is 5.92 Å². The highest BCUT2D eigenvalue weighted by atomic mass is 19.1. The van der Waals surface area contributed by atoms with E-state index in [9.17, 15) is 4.39 Å². The third-order valence-corrected chi connectivity index (χ3v) is 2.07. The van der Waals surface area contributed by atoms with Crippen LogP contribution in [0.1, 0.15) is 19.8 Å². The van der Waals surface area contributed by atoms with Crippen LogP contribution in [0, 0.1) is 5.92 Å². The average Bonchev–Trinajstić information content (AvgIpc) is 1.89. The van der Waals surface area contributed by atoms with Crippen molar-refractivity contribution in [1.29, 1.82) is 0 Å². The van der Waals surface area contributed by atoms with E-state index in [1.165, 1.54) is 0 Å². The van der Waals surface area contributed by atoms with Gasteiger partial charge in [0.15, 0.2) is 0 Å². The third kappa shape index (κ3) is 1.65. The summed E-state index contributed by atoms with van der Waals surface area (Å²) in [5.41, 5.74) is 0. The van der Waals surface area contributed by atoms with Crippen molar-refractivity contribution >= 4 is 0 Å². The summed E-state index contributed by atoms with van der Waals surface area (Å²) in [6.07, 6.45) is 1.41. The zero-order valence-electron chi connectivity index (χ0n) is 5.86. The number of nitrogens with one attached hydrogen (secondary N) is 1. The molecule has 1 aliphatic rings. The zero-order chi connectivity index (χ0) is 6.69. The molecule has 0 saturated carbocycles. The fourth-order valence-corrected chi connectivity index (χ4v) is 1.33. The predicted molar refractivity (Wildman–Crippen MR) is 36.2 cm³/mol. The van der Waals surface area contributed by atoms with Crippen LogP contribution >= 0.6 is 0 Å². The first kappa shape index (κ1) is 7.00. The van der Waals surface area contributed by atoms with Gasteiger partial charge in [-0.2, -0.15) is 0 Å². The molecule has 1 nitrogen and oxygen atoms in total. The van der Waals surface area contributed by atoms with Crippen LogP contribution < -0.4 is 5.32 Å². The number of hydrogen-bond acceptors (Lipinski definition) is 1. The Kier molecular flexibility index (Phi) is 2.46. The third-order valence-electron chi connectivity index (χ3n) is 2.07. The lowest BCUT2D eigenvalue weighted by Gasteiger charge is -2.25. The fraction of sp³-hybridized carbons (Fsp3) is 1.00. The van der Waals surface area contributed by atoms with Gasteiger partial charge in [0, 0.05) is 6.54 Å². The SMILES string of the molecule is CC[C@H]1CCNC[C@H]1F. The van der Waals surface area contributed by atoms with E-state index >= 15 is 0 Å². The molecule has 0 radical (unpaired) electrons. The van der Waals surface area contributed by atoms with Gasteiger partial charge in [-0.25, -0.2) is 4.39 Å². The zero-order valence-corrected chi connectivity index (χ0v) is 5.86. The Morgan fingerprint density at radius 1 is 1.67 bits per heavy atom. The highest BCUT2D eigenvalue weighted by Gasteiger charge is 2.21. The summed E-state index contributed by atoms with van der Waals surface area (Å²) in [6.45, 7) is 3.62. The minimum atomic E-state index is -0.594. The Balaban J connectivity index is 2.30. The Morgan fingerprint density at radius 3 is 2.89 bits per heavy atom. The van der Waals surface area contributed by atoms with Gasteiger partial charge in [0.1, 0.15) is 6.17 Å². The van der Waals surface area contributed by atoms with E-state index in [2.05, 4.69) is 12.2 Å². The lowest BCUT2D eigenvalue weighted by Crippen LogP contribution is -2.37. The van der Waals surface area contributed by atoms with Gasteiger partial charge in [0.25, 0.3) is 0 Å². The average molecular weight is 131 g/mol. The molecule has 0 amide bonds. The van der Waals surface area contributed by atoms with Crippen molar-refractivity contribution in [3.8, 4) is 0 Å². The van der Waals surface area contributed by atoms with Crippen LogP contribution in [-0.4, -0.2) is 19.3 Å². The molecule has 0 aromatic carbocycles. The first-order valence-corrected chi connectivity index (χ1v) is 3.69. The molecular formula is C7H14FN. The summed E-state index contributed by atoms with van der Waals surface area (Å²) >= 11 is 0. The quantitative estimate of drug-likeness (QED) is 0.566. The van der Waals surface area contributed by atoms with Gasteiger partial charge in [-0.05, 0) is 18.9 Å². The van der Waals surface area contributed by atoms with Crippen LogP contribution in [0.3, 0.4) is 0 Å². The topological polar surface area (TPSA) is 12.0 Å². The second-order valence-electron chi connectivity index (χ2n) is 2.68. The molecule has 0 aromatic rings. The molecule has 1 fully saturated rings. The summed E-state index contributed by atoms with van der Waals surface area (Å²) in [6, 6.07) is 0. The van der Waals surface area contributed by atoms with Gasteiger partial charge in [0.2, 0.25) is 0 Å². The molecule has 9 heavy (non-hydrogen) atoms. The van der Waals surface area contributed by atoms with E-state index < -0.39 is 6.17 Å². The summed E-state index contributed by atoms with van der Waals surface area (Å²) in [5.74, 6) is 0.325. The van der Waals surface area contributed by atoms with Gasteiger partial charge in [-0.1, -0.05) is 13.3 Å². The molecule has 0 unspecified atom stereocenters. The molecule has 0 bridgehead atoms. The van der Waals surface area contributed by atoms with E-state index in [0.29, 0.717) is 12.5 Å². The molecule has 0 aliphatic carbocycles. The van der Waals surface area contributed by atoms with Gasteiger partial charge in [-0.3, -0.25) is 0 Å². The van der Waals surface area contributed by atoms with Crippen LogP contribution in [0.15, 0.2) is 0 Å². The lowest BCUT2D eigenvalue weighted by atomic mass is 9.94. The van der Waals surface area contributed by atoms with Crippen LogP contribution in [-0.2, 0) is 0 Å². The summed E-state index contributed by atoms with van der Waals surface area (Å²) in [4.78, 5) is 0. The highest BCUT2D eigenvalue weighted by molar-refractivity contribution is 4.75. The van der Waals surface area contributed by atoms with Gasteiger partial charge in [0.05, 0.1) is 0 Å². The van der Waals surface area contributed by atoms with Crippen molar-refractivity contribution in [3.05, 3.63) is 0 Å². The lowest BCUT2D eigenvalue weighted by molar-refractivity contribution is 0.176. The standard InChI is InChI=1S/C7H14FN/c1-2-6-3-4-9-5-7(6)8/h6-7,9H,2-5H2,1H3/t6-,7+/m0/s1. The summed E-state index contributed by atoms with van der Waals surface area (Å²) in [5, 5.41) is 3.02. The monoisotopic (exact) mass is 131 g/mol. The minimum Gasteiger partial charge on any atom is -0.314 e. The van der Waals surface area contributed by atoms with E-state index in [1.54, 1.807) is 0 Å². The molecule has 2 heteroatoms. The summed E-state index contributed by atoms with van der Waals surface area (Å²) in [7, 11) is 0. The molecule has 2 atom stereocenters. The molecule has 0 aromatic heterocycles.